The van der Waals surface area contributed by atoms with Crippen LogP contribution >= 0.6 is 0 Å². The molecule has 0 radical (unpaired) electrons. The van der Waals surface area contributed by atoms with Gasteiger partial charge in [-0.25, -0.2) is 0 Å². The van der Waals surface area contributed by atoms with E-state index in [1.807, 2.05) is 0 Å². The van der Waals surface area contributed by atoms with Crippen LogP contribution in [0.3, 0.4) is 0 Å². The lowest BCUT2D eigenvalue weighted by molar-refractivity contribution is 0.154. The van der Waals surface area contributed by atoms with Gasteiger partial charge in [0.15, 0.2) is 0 Å². The van der Waals surface area contributed by atoms with Crippen molar-refractivity contribution in [2.75, 3.05) is 0 Å². The summed E-state index contributed by atoms with van der Waals surface area (Å²) in [4.78, 5) is 0. The van der Waals surface area contributed by atoms with Crippen LogP contribution in [0.5, 0.6) is 0 Å². The Morgan fingerprint density at radius 1 is 0.950 bits per heavy atom. The van der Waals surface area contributed by atoms with E-state index in [1.165, 1.54) is 51.4 Å². The maximum absolute atomic E-state index is 2.58. The first-order chi connectivity index (χ1) is 9.73. The fourth-order valence-electron chi connectivity index (χ4n) is 4.98. The van der Waals surface area contributed by atoms with Gasteiger partial charge in [0, 0.05) is 0 Å². The molecule has 0 aliphatic heterocycles. The molecule has 2 fully saturated rings. The van der Waals surface area contributed by atoms with Crippen molar-refractivity contribution < 1.29 is 0 Å². The van der Waals surface area contributed by atoms with Gasteiger partial charge in [-0.15, -0.1) is 0 Å². The molecule has 0 nitrogen and oxygen atoms in total. The maximum Gasteiger partial charge on any atom is -0.0243 e. The van der Waals surface area contributed by atoms with Gasteiger partial charge < -0.3 is 0 Å². The molecule has 0 aromatic heterocycles. The molecule has 0 aromatic rings. The highest BCUT2D eigenvalue weighted by molar-refractivity contribution is 5.02. The number of hydrogen-bond donors (Lipinski definition) is 0. The van der Waals surface area contributed by atoms with Crippen molar-refractivity contribution in [3.63, 3.8) is 0 Å². The Labute approximate surface area is 128 Å². The molecule has 0 N–H and O–H groups in total. The Kier molecular flexibility index (Phi) is 6.43. The molecule has 2 aliphatic rings. The smallest absolute Gasteiger partial charge is 0.0243 e. The van der Waals surface area contributed by atoms with Gasteiger partial charge in [0.2, 0.25) is 0 Å². The molecule has 0 spiro atoms. The van der Waals surface area contributed by atoms with Crippen LogP contribution in [0.1, 0.15) is 104 Å². The zero-order valence-corrected chi connectivity index (χ0v) is 14.4. The summed E-state index contributed by atoms with van der Waals surface area (Å²) in [5.74, 6) is 3.15. The van der Waals surface area contributed by atoms with Crippen LogP contribution in [0.2, 0.25) is 0 Å². The van der Waals surface area contributed by atoms with E-state index in [4.69, 9.17) is 0 Å². The molecule has 2 saturated carbocycles. The Bertz CT molecular complexity index is 257. The van der Waals surface area contributed by atoms with E-state index < -0.39 is 0 Å². The molecular formula is C20H38. The fourth-order valence-corrected chi connectivity index (χ4v) is 4.98. The van der Waals surface area contributed by atoms with Crippen molar-refractivity contribution in [3.8, 4) is 0 Å². The second-order valence-electron chi connectivity index (χ2n) is 8.00. The molecule has 0 aromatic carbocycles. The van der Waals surface area contributed by atoms with E-state index in [2.05, 4.69) is 20.8 Å². The maximum atomic E-state index is 2.58. The largest absolute Gasteiger partial charge is 0.0654 e. The summed E-state index contributed by atoms with van der Waals surface area (Å²) in [6.45, 7) is 7.29. The first kappa shape index (κ1) is 16.4. The molecule has 118 valence electrons. The fraction of sp³-hybridized carbons (Fsp3) is 1.00. The Hall–Kier alpha value is 0. The van der Waals surface area contributed by atoms with Crippen LogP contribution < -0.4 is 0 Å². The predicted octanol–water partition coefficient (Wildman–Crippen LogP) is 6.98. The molecule has 2 aliphatic carbocycles. The van der Waals surface area contributed by atoms with Gasteiger partial charge in [0.05, 0.1) is 0 Å². The molecule has 0 saturated heterocycles. The molecule has 2 rings (SSSR count). The Morgan fingerprint density at radius 3 is 2.10 bits per heavy atom. The van der Waals surface area contributed by atoms with Crippen LogP contribution in [0.25, 0.3) is 0 Å². The van der Waals surface area contributed by atoms with Crippen LogP contribution in [0, 0.1) is 23.2 Å². The third kappa shape index (κ3) is 4.01. The van der Waals surface area contributed by atoms with Gasteiger partial charge in [0.1, 0.15) is 0 Å². The lowest BCUT2D eigenvalue weighted by Crippen LogP contribution is -2.25. The monoisotopic (exact) mass is 278 g/mol. The normalized spacial score (nSPS) is 24.8. The van der Waals surface area contributed by atoms with E-state index in [-0.39, 0.29) is 0 Å². The summed E-state index contributed by atoms with van der Waals surface area (Å²) in [5.41, 5.74) is 0.785. The van der Waals surface area contributed by atoms with Crippen molar-refractivity contribution in [1.29, 1.82) is 0 Å². The highest BCUT2D eigenvalue weighted by Crippen LogP contribution is 2.62. The van der Waals surface area contributed by atoms with Crippen molar-refractivity contribution in [3.05, 3.63) is 0 Å². The topological polar surface area (TPSA) is 0 Å². The molecule has 20 heavy (non-hydrogen) atoms. The molecule has 0 heteroatoms. The third-order valence-corrected chi connectivity index (χ3v) is 6.61. The second-order valence-corrected chi connectivity index (χ2v) is 8.00. The predicted molar refractivity (Wildman–Crippen MR) is 89.9 cm³/mol. The van der Waals surface area contributed by atoms with Crippen molar-refractivity contribution >= 4 is 0 Å². The summed E-state index contributed by atoms with van der Waals surface area (Å²) < 4.78 is 0. The number of unbranched alkanes of at least 4 members (excludes halogenated alkanes) is 2. The zero-order valence-electron chi connectivity index (χ0n) is 14.4. The summed E-state index contributed by atoms with van der Waals surface area (Å²) in [6, 6.07) is 0. The van der Waals surface area contributed by atoms with Crippen molar-refractivity contribution in [2.45, 2.75) is 104 Å². The van der Waals surface area contributed by atoms with E-state index in [1.54, 1.807) is 32.1 Å². The minimum atomic E-state index is 0.785. The summed E-state index contributed by atoms with van der Waals surface area (Å²) in [7, 11) is 0. The van der Waals surface area contributed by atoms with Crippen LogP contribution in [0.4, 0.5) is 0 Å². The van der Waals surface area contributed by atoms with E-state index in [9.17, 15) is 0 Å². The quantitative estimate of drug-likeness (QED) is 0.404. The molecule has 2 atom stereocenters. The molecule has 0 heterocycles. The van der Waals surface area contributed by atoms with Gasteiger partial charge in [-0.1, -0.05) is 78.6 Å². The number of rotatable bonds is 10. The standard InChI is InChI=1S/C20H38/c1-4-6-10-17(3)20(14-15-20)19(13-7-5-2)16-18-11-8-9-12-18/h17-19H,4-16H2,1-3H3. The molecule has 0 amide bonds. The van der Waals surface area contributed by atoms with Gasteiger partial charge >= 0.3 is 0 Å². The minimum absolute atomic E-state index is 0.785. The first-order valence-electron chi connectivity index (χ1n) is 9.73. The second kappa shape index (κ2) is 7.85. The lowest BCUT2D eigenvalue weighted by atomic mass is 9.71. The van der Waals surface area contributed by atoms with Crippen LogP contribution in [-0.4, -0.2) is 0 Å². The highest BCUT2D eigenvalue weighted by Gasteiger charge is 2.52. The summed E-state index contributed by atoms with van der Waals surface area (Å²) >= 11 is 0. The van der Waals surface area contributed by atoms with Gasteiger partial charge in [0.25, 0.3) is 0 Å². The Balaban J connectivity index is 1.93. The van der Waals surface area contributed by atoms with E-state index >= 15 is 0 Å². The highest BCUT2D eigenvalue weighted by atomic mass is 14.6. The first-order valence-corrected chi connectivity index (χ1v) is 9.73. The summed E-state index contributed by atoms with van der Waals surface area (Å²) in [5, 5.41) is 0. The van der Waals surface area contributed by atoms with Gasteiger partial charge in [-0.3, -0.25) is 0 Å². The van der Waals surface area contributed by atoms with Crippen molar-refractivity contribution in [2.24, 2.45) is 23.2 Å². The molecule has 2 unspecified atom stereocenters. The van der Waals surface area contributed by atoms with E-state index in [0.717, 1.165) is 23.2 Å². The van der Waals surface area contributed by atoms with Gasteiger partial charge in [-0.05, 0) is 48.9 Å². The molecule has 0 bridgehead atoms. The molecular weight excluding hydrogens is 240 g/mol. The van der Waals surface area contributed by atoms with Crippen LogP contribution in [0.15, 0.2) is 0 Å². The van der Waals surface area contributed by atoms with Crippen molar-refractivity contribution in [1.82, 2.24) is 0 Å². The zero-order chi connectivity index (χ0) is 14.4. The Morgan fingerprint density at radius 2 is 1.55 bits per heavy atom. The van der Waals surface area contributed by atoms with Gasteiger partial charge in [-0.2, -0.15) is 0 Å². The lowest BCUT2D eigenvalue weighted by Gasteiger charge is -2.34. The number of hydrogen-bond acceptors (Lipinski definition) is 0. The van der Waals surface area contributed by atoms with E-state index in [0.29, 0.717) is 0 Å². The third-order valence-electron chi connectivity index (χ3n) is 6.61. The average molecular weight is 279 g/mol. The SMILES string of the molecule is CCCCC(C)C1(C(CCCC)CC2CCCC2)CC1. The van der Waals surface area contributed by atoms with Crippen LogP contribution in [-0.2, 0) is 0 Å². The average Bonchev–Trinajstić information content (AvgIpc) is 3.11. The summed E-state index contributed by atoms with van der Waals surface area (Å²) in [6.07, 6.45) is 19.5. The minimum Gasteiger partial charge on any atom is -0.0654 e.